The molecule has 23 heavy (non-hydrogen) atoms. The fourth-order valence-corrected chi connectivity index (χ4v) is 2.36. The summed E-state index contributed by atoms with van der Waals surface area (Å²) in [6, 6.07) is 12.3. The van der Waals surface area contributed by atoms with Crippen LogP contribution < -0.4 is 10.6 Å². The van der Waals surface area contributed by atoms with Crippen molar-refractivity contribution in [3.8, 4) is 0 Å². The van der Waals surface area contributed by atoms with E-state index in [9.17, 15) is 9.59 Å². The summed E-state index contributed by atoms with van der Waals surface area (Å²) in [6.45, 7) is 0.562. The summed E-state index contributed by atoms with van der Waals surface area (Å²) in [4.78, 5) is 23.7. The fraction of sp³-hybridized carbons (Fsp3) is 0.125. The normalized spacial score (nSPS) is 10.7. The van der Waals surface area contributed by atoms with E-state index in [0.29, 0.717) is 10.3 Å². The van der Waals surface area contributed by atoms with Crippen LogP contribution in [0.4, 0.5) is 0 Å². The highest BCUT2D eigenvalue weighted by molar-refractivity contribution is 9.10. The minimum absolute atomic E-state index is 0.209. The number of hydrogen-bond donors (Lipinski definition) is 2. The summed E-state index contributed by atoms with van der Waals surface area (Å²) >= 11 is 3.13. The van der Waals surface area contributed by atoms with E-state index >= 15 is 0 Å². The first-order valence-electron chi connectivity index (χ1n) is 6.94. The molecule has 0 aliphatic heterocycles. The number of rotatable bonds is 5. The van der Waals surface area contributed by atoms with Crippen molar-refractivity contribution >= 4 is 38.7 Å². The summed E-state index contributed by atoms with van der Waals surface area (Å²) in [5.74, 6) is -0.210. The van der Waals surface area contributed by atoms with Crippen LogP contribution >= 0.6 is 15.9 Å². The number of carbonyl (C=O) groups is 2. The molecule has 2 heterocycles. The Labute approximate surface area is 140 Å². The highest BCUT2D eigenvalue weighted by Gasteiger charge is 2.12. The lowest BCUT2D eigenvalue weighted by Crippen LogP contribution is -2.34. The Morgan fingerprint density at radius 3 is 2.26 bits per heavy atom. The number of hydrogen-bond acceptors (Lipinski definition) is 4. The zero-order valence-corrected chi connectivity index (χ0v) is 13.6. The molecule has 0 aliphatic carbocycles. The third-order valence-electron chi connectivity index (χ3n) is 3.14. The van der Waals surface area contributed by atoms with Gasteiger partial charge in [-0.25, -0.2) is 0 Å². The molecule has 0 saturated carbocycles. The van der Waals surface area contributed by atoms with Gasteiger partial charge in [-0.2, -0.15) is 0 Å². The smallest absolute Gasteiger partial charge is 0.287 e. The number of benzene rings is 1. The van der Waals surface area contributed by atoms with Gasteiger partial charge in [-0.3, -0.25) is 9.59 Å². The number of fused-ring (bicyclic) bond motifs is 1. The minimum Gasteiger partial charge on any atom is -0.451 e. The third kappa shape index (κ3) is 3.62. The van der Waals surface area contributed by atoms with Gasteiger partial charge in [0.05, 0.1) is 0 Å². The maximum atomic E-state index is 12.0. The lowest BCUT2D eigenvalue weighted by atomic mass is 10.2. The number of halogens is 1. The van der Waals surface area contributed by atoms with Gasteiger partial charge in [-0.1, -0.05) is 18.2 Å². The Balaban J connectivity index is 1.48. The van der Waals surface area contributed by atoms with Gasteiger partial charge in [0.1, 0.15) is 5.58 Å². The van der Waals surface area contributed by atoms with E-state index < -0.39 is 0 Å². The largest absolute Gasteiger partial charge is 0.451 e. The Morgan fingerprint density at radius 1 is 0.913 bits per heavy atom. The van der Waals surface area contributed by atoms with E-state index in [0.717, 1.165) is 5.39 Å². The second kappa shape index (κ2) is 6.70. The topological polar surface area (TPSA) is 84.5 Å². The maximum absolute atomic E-state index is 12.0. The molecular formula is C16H13BrN2O4. The summed E-state index contributed by atoms with van der Waals surface area (Å²) in [5, 5.41) is 6.20. The number of nitrogens with one attached hydrogen (secondary N) is 2. The molecule has 0 fully saturated rings. The Bertz CT molecular complexity index is 820. The number of carbonyl (C=O) groups excluding carboxylic acids is 2. The summed E-state index contributed by atoms with van der Waals surface area (Å²) < 4.78 is 11.1. The molecule has 118 valence electrons. The van der Waals surface area contributed by atoms with Crippen LogP contribution in [0.2, 0.25) is 0 Å². The zero-order chi connectivity index (χ0) is 16.2. The van der Waals surface area contributed by atoms with E-state index in [1.54, 1.807) is 24.3 Å². The summed E-state index contributed by atoms with van der Waals surface area (Å²) in [6.07, 6.45) is 0. The van der Waals surface area contributed by atoms with Gasteiger partial charge in [-0.05, 0) is 40.2 Å². The summed E-state index contributed by atoms with van der Waals surface area (Å²) in [5.41, 5.74) is 0.661. The van der Waals surface area contributed by atoms with Gasteiger partial charge < -0.3 is 19.5 Å². The van der Waals surface area contributed by atoms with Gasteiger partial charge in [-0.15, -0.1) is 0 Å². The Morgan fingerprint density at radius 2 is 1.61 bits per heavy atom. The molecule has 3 rings (SSSR count). The van der Waals surface area contributed by atoms with Crippen LogP contribution in [0, 0.1) is 0 Å². The Kier molecular flexibility index (Phi) is 4.47. The molecule has 2 N–H and O–H groups in total. The number of amides is 2. The highest BCUT2D eigenvalue weighted by Crippen LogP contribution is 2.18. The molecule has 2 aromatic heterocycles. The van der Waals surface area contributed by atoms with Crippen molar-refractivity contribution in [3.05, 3.63) is 58.7 Å². The molecule has 7 heteroatoms. The lowest BCUT2D eigenvalue weighted by molar-refractivity contribution is 0.0901. The van der Waals surface area contributed by atoms with E-state index in [4.69, 9.17) is 8.83 Å². The van der Waals surface area contributed by atoms with Crippen LogP contribution in [-0.2, 0) is 0 Å². The van der Waals surface area contributed by atoms with Crippen molar-refractivity contribution < 1.29 is 18.4 Å². The van der Waals surface area contributed by atoms with E-state index in [2.05, 4.69) is 26.6 Å². The minimum atomic E-state index is -0.339. The molecule has 0 saturated heterocycles. The van der Waals surface area contributed by atoms with Crippen molar-refractivity contribution in [1.29, 1.82) is 0 Å². The van der Waals surface area contributed by atoms with Crippen molar-refractivity contribution in [2.24, 2.45) is 0 Å². The molecule has 3 aromatic rings. The van der Waals surface area contributed by atoms with Crippen molar-refractivity contribution in [2.45, 2.75) is 0 Å². The first-order chi connectivity index (χ1) is 11.1. The second-order valence-electron chi connectivity index (χ2n) is 4.76. The average Bonchev–Trinajstić information content (AvgIpc) is 3.17. The molecule has 0 unspecified atom stereocenters. The molecule has 0 bridgehead atoms. The molecule has 0 atom stereocenters. The van der Waals surface area contributed by atoms with Crippen molar-refractivity contribution in [3.63, 3.8) is 0 Å². The van der Waals surface area contributed by atoms with E-state index in [1.165, 1.54) is 0 Å². The number of para-hydroxylation sites is 1. The van der Waals surface area contributed by atoms with E-state index in [-0.39, 0.29) is 36.4 Å². The zero-order valence-electron chi connectivity index (χ0n) is 12.0. The second-order valence-corrected chi connectivity index (χ2v) is 5.55. The van der Waals surface area contributed by atoms with E-state index in [1.807, 2.05) is 18.2 Å². The van der Waals surface area contributed by atoms with Crippen molar-refractivity contribution in [2.75, 3.05) is 13.1 Å². The Hall–Kier alpha value is -2.54. The third-order valence-corrected chi connectivity index (χ3v) is 3.57. The summed E-state index contributed by atoms with van der Waals surface area (Å²) in [7, 11) is 0. The van der Waals surface area contributed by atoms with Crippen LogP contribution in [0.5, 0.6) is 0 Å². The fourth-order valence-electron chi connectivity index (χ4n) is 2.06. The molecule has 1 aromatic carbocycles. The monoisotopic (exact) mass is 376 g/mol. The predicted octanol–water partition coefficient (Wildman–Crippen LogP) is 2.95. The van der Waals surface area contributed by atoms with Crippen LogP contribution in [0.1, 0.15) is 21.1 Å². The van der Waals surface area contributed by atoms with Crippen LogP contribution in [0.15, 0.2) is 56.0 Å². The molecule has 0 aliphatic rings. The van der Waals surface area contributed by atoms with Gasteiger partial charge in [0.25, 0.3) is 11.8 Å². The van der Waals surface area contributed by atoms with Crippen LogP contribution in [0.3, 0.4) is 0 Å². The molecule has 6 nitrogen and oxygen atoms in total. The molecular weight excluding hydrogens is 364 g/mol. The van der Waals surface area contributed by atoms with Crippen molar-refractivity contribution in [1.82, 2.24) is 10.6 Å². The highest BCUT2D eigenvalue weighted by atomic mass is 79.9. The first-order valence-corrected chi connectivity index (χ1v) is 7.73. The van der Waals surface area contributed by atoms with Gasteiger partial charge in [0.2, 0.25) is 0 Å². The van der Waals surface area contributed by atoms with Crippen LogP contribution in [0.25, 0.3) is 11.0 Å². The predicted molar refractivity (Wildman–Crippen MR) is 87.3 cm³/mol. The van der Waals surface area contributed by atoms with Gasteiger partial charge in [0, 0.05) is 18.5 Å². The average molecular weight is 377 g/mol. The molecule has 0 spiro atoms. The first kappa shape index (κ1) is 15.4. The number of furan rings is 2. The quantitative estimate of drug-likeness (QED) is 0.670. The maximum Gasteiger partial charge on any atom is 0.287 e. The lowest BCUT2D eigenvalue weighted by Gasteiger charge is -2.04. The van der Waals surface area contributed by atoms with Gasteiger partial charge >= 0.3 is 0 Å². The standard InChI is InChI=1S/C16H13BrN2O4/c17-14-6-5-12(23-14)15(20)18-7-8-19-16(21)13-9-10-3-1-2-4-11(10)22-13/h1-6,9H,7-8H2,(H,18,20)(H,19,21). The molecule has 2 amide bonds. The van der Waals surface area contributed by atoms with Gasteiger partial charge in [0.15, 0.2) is 16.2 Å². The molecule has 0 radical (unpaired) electrons. The van der Waals surface area contributed by atoms with Crippen LogP contribution in [-0.4, -0.2) is 24.9 Å². The SMILES string of the molecule is O=C(NCCNC(=O)c1cc2ccccc2o1)c1ccc(Br)o1.